The van der Waals surface area contributed by atoms with Gasteiger partial charge in [-0.2, -0.15) is 0 Å². The number of hydrogen-bond acceptors (Lipinski definition) is 1. The zero-order valence-corrected chi connectivity index (χ0v) is 27.5. The Labute approximate surface area is 289 Å². The third-order valence-corrected chi connectivity index (χ3v) is 11.3. The molecule has 0 unspecified atom stereocenters. The molecule has 0 saturated heterocycles. The van der Waals surface area contributed by atoms with Gasteiger partial charge in [0, 0.05) is 20.6 Å². The minimum Gasteiger partial charge on any atom is -0.0874 e. The maximum atomic E-state index is 2.36. The van der Waals surface area contributed by atoms with Crippen LogP contribution in [0.3, 0.4) is 0 Å². The summed E-state index contributed by atoms with van der Waals surface area (Å²) in [4.78, 5) is 2.59. The van der Waals surface area contributed by atoms with Crippen LogP contribution in [0.25, 0.3) is 86.9 Å². The molecule has 0 aliphatic heterocycles. The van der Waals surface area contributed by atoms with E-state index in [2.05, 4.69) is 182 Å². The molecule has 49 heavy (non-hydrogen) atoms. The predicted molar refractivity (Wildman–Crippen MR) is 213 cm³/mol. The van der Waals surface area contributed by atoms with Gasteiger partial charge in [0.2, 0.25) is 0 Å². The van der Waals surface area contributed by atoms with Crippen molar-refractivity contribution >= 4 is 76.4 Å². The first kappa shape index (κ1) is 28.2. The van der Waals surface area contributed by atoms with Crippen LogP contribution in [0.2, 0.25) is 0 Å². The molecule has 0 saturated carbocycles. The van der Waals surface area contributed by atoms with Crippen LogP contribution in [0.5, 0.6) is 0 Å². The van der Waals surface area contributed by atoms with E-state index in [9.17, 15) is 0 Å². The summed E-state index contributed by atoms with van der Waals surface area (Å²) in [6.07, 6.45) is 0. The second kappa shape index (κ2) is 11.4. The summed E-state index contributed by atoms with van der Waals surface area (Å²) >= 11 is 1.93. The van der Waals surface area contributed by atoms with Gasteiger partial charge in [0.15, 0.2) is 0 Å². The molecule has 0 amide bonds. The van der Waals surface area contributed by atoms with Gasteiger partial charge in [-0.3, -0.25) is 0 Å². The predicted octanol–water partition coefficient (Wildman–Crippen LogP) is 14.1. The van der Waals surface area contributed by atoms with Crippen LogP contribution in [0.15, 0.2) is 192 Å². The first-order valence-electron chi connectivity index (χ1n) is 16.8. The van der Waals surface area contributed by atoms with Gasteiger partial charge in [-0.25, -0.2) is 0 Å². The minimum atomic E-state index is 1.24. The quantitative estimate of drug-likeness (QED) is 0.173. The summed E-state index contributed by atoms with van der Waals surface area (Å²) in [5.41, 5.74) is 4.99. The normalized spacial score (nSPS) is 11.8. The number of hydrogen-bond donors (Lipinski definition) is 0. The smallest absolute Gasteiger partial charge is 0.0286 e. The van der Waals surface area contributed by atoms with Gasteiger partial charge in [-0.1, -0.05) is 169 Å². The highest BCUT2D eigenvalue weighted by molar-refractivity contribution is 8.00. The Morgan fingerprint density at radius 1 is 0.265 bits per heavy atom. The lowest BCUT2D eigenvalue weighted by atomic mass is 9.94. The fourth-order valence-corrected chi connectivity index (χ4v) is 9.12. The summed E-state index contributed by atoms with van der Waals surface area (Å²) in [6, 6.07) is 67.1. The SMILES string of the molecule is c1ccc2cc(-c3cccc4cc5ccccc5c(Sc5c6ccccc6cc6cccc(-c7ccc8ccccc8c7)c56)c34)ccc2c1. The average Bonchev–Trinajstić information content (AvgIpc) is 3.16. The van der Waals surface area contributed by atoms with Crippen molar-refractivity contribution in [2.24, 2.45) is 0 Å². The molecule has 1 heteroatoms. The lowest BCUT2D eigenvalue weighted by Gasteiger charge is -2.19. The highest BCUT2D eigenvalue weighted by Gasteiger charge is 2.19. The van der Waals surface area contributed by atoms with Crippen LogP contribution in [0.1, 0.15) is 0 Å². The van der Waals surface area contributed by atoms with Crippen molar-refractivity contribution in [3.63, 3.8) is 0 Å². The monoisotopic (exact) mass is 638 g/mol. The summed E-state index contributed by atoms with van der Waals surface area (Å²) in [7, 11) is 0. The van der Waals surface area contributed by atoms with Crippen molar-refractivity contribution in [1.29, 1.82) is 0 Å². The van der Waals surface area contributed by atoms with Crippen molar-refractivity contribution < 1.29 is 0 Å². The lowest BCUT2D eigenvalue weighted by molar-refractivity contribution is 1.56. The third-order valence-electron chi connectivity index (χ3n) is 10.0. The molecule has 0 aromatic heterocycles. The summed E-state index contributed by atoms with van der Waals surface area (Å²) in [6.45, 7) is 0. The molecule has 0 fully saturated rings. The van der Waals surface area contributed by atoms with Gasteiger partial charge in [0.05, 0.1) is 0 Å². The molecule has 0 radical (unpaired) electrons. The fraction of sp³-hybridized carbons (Fsp3) is 0. The Balaban J connectivity index is 1.29. The standard InChI is InChI=1S/C48H30S/c1-3-13-33-27-37(25-23-31(33)11-1)41-21-9-17-39-29-35-15-5-7-19-43(35)47(45(39)41)49-48-44-20-8-6-16-36(44)30-40-18-10-22-42(46(40)48)38-26-24-32-12-2-4-14-34(32)28-38/h1-30H. The Hall–Kier alpha value is -5.89. The van der Waals surface area contributed by atoms with E-state index in [4.69, 9.17) is 0 Å². The van der Waals surface area contributed by atoms with E-state index in [0.717, 1.165) is 0 Å². The molecule has 0 bridgehead atoms. The highest BCUT2D eigenvalue weighted by atomic mass is 32.2. The molecule has 0 aliphatic carbocycles. The molecule has 10 aromatic carbocycles. The van der Waals surface area contributed by atoms with Gasteiger partial charge >= 0.3 is 0 Å². The molecule has 228 valence electrons. The van der Waals surface area contributed by atoms with E-state index in [1.54, 1.807) is 0 Å². The maximum absolute atomic E-state index is 2.36. The van der Waals surface area contributed by atoms with Crippen LogP contribution in [-0.4, -0.2) is 0 Å². The Morgan fingerprint density at radius 2 is 0.653 bits per heavy atom. The van der Waals surface area contributed by atoms with Crippen LogP contribution in [-0.2, 0) is 0 Å². The lowest BCUT2D eigenvalue weighted by Crippen LogP contribution is -1.91. The Kier molecular flexibility index (Phi) is 6.53. The molecule has 10 rings (SSSR count). The van der Waals surface area contributed by atoms with E-state index in [1.807, 2.05) is 11.8 Å². The Bertz CT molecular complexity index is 2720. The van der Waals surface area contributed by atoms with Crippen molar-refractivity contribution in [2.45, 2.75) is 9.79 Å². The highest BCUT2D eigenvalue weighted by Crippen LogP contribution is 2.49. The molecule has 0 nitrogen and oxygen atoms in total. The molecule has 0 N–H and O–H groups in total. The van der Waals surface area contributed by atoms with Crippen LogP contribution in [0, 0.1) is 0 Å². The van der Waals surface area contributed by atoms with Crippen LogP contribution >= 0.6 is 11.8 Å². The zero-order valence-electron chi connectivity index (χ0n) is 26.7. The molecule has 10 aromatic rings. The van der Waals surface area contributed by atoms with E-state index in [-0.39, 0.29) is 0 Å². The summed E-state index contributed by atoms with van der Waals surface area (Å²) in [5, 5.41) is 15.2. The molecule has 0 heterocycles. The van der Waals surface area contributed by atoms with Crippen molar-refractivity contribution in [3.8, 4) is 22.3 Å². The van der Waals surface area contributed by atoms with Crippen molar-refractivity contribution in [3.05, 3.63) is 182 Å². The van der Waals surface area contributed by atoms with Gasteiger partial charge < -0.3 is 0 Å². The largest absolute Gasteiger partial charge is 0.0874 e. The molecule has 0 aliphatic rings. The van der Waals surface area contributed by atoms with Gasteiger partial charge in [-0.05, 0) is 100 Å². The van der Waals surface area contributed by atoms with Crippen LogP contribution < -0.4 is 0 Å². The fourth-order valence-electron chi connectivity index (χ4n) is 7.66. The topological polar surface area (TPSA) is 0 Å². The molecular formula is C48H30S. The molecule has 0 spiro atoms. The Morgan fingerprint density at radius 3 is 1.12 bits per heavy atom. The summed E-state index contributed by atoms with van der Waals surface area (Å²) < 4.78 is 0. The van der Waals surface area contributed by atoms with E-state index < -0.39 is 0 Å². The minimum absolute atomic E-state index is 1.24. The van der Waals surface area contributed by atoms with E-state index in [1.165, 1.54) is 96.7 Å². The van der Waals surface area contributed by atoms with Gasteiger partial charge in [-0.15, -0.1) is 0 Å². The van der Waals surface area contributed by atoms with Gasteiger partial charge in [0.1, 0.15) is 0 Å². The summed E-state index contributed by atoms with van der Waals surface area (Å²) in [5.74, 6) is 0. The first-order valence-corrected chi connectivity index (χ1v) is 17.7. The van der Waals surface area contributed by atoms with E-state index in [0.29, 0.717) is 0 Å². The second-order valence-electron chi connectivity index (χ2n) is 12.9. The van der Waals surface area contributed by atoms with Crippen molar-refractivity contribution in [2.75, 3.05) is 0 Å². The number of benzene rings is 10. The second-order valence-corrected chi connectivity index (χ2v) is 13.9. The number of fused-ring (bicyclic) bond motifs is 6. The third kappa shape index (κ3) is 4.70. The number of rotatable bonds is 4. The van der Waals surface area contributed by atoms with E-state index >= 15 is 0 Å². The maximum Gasteiger partial charge on any atom is 0.0286 e. The van der Waals surface area contributed by atoms with Crippen LogP contribution in [0.4, 0.5) is 0 Å². The molecular weight excluding hydrogens is 609 g/mol. The first-order chi connectivity index (χ1) is 24.3. The average molecular weight is 639 g/mol. The van der Waals surface area contributed by atoms with Crippen molar-refractivity contribution in [1.82, 2.24) is 0 Å². The van der Waals surface area contributed by atoms with Gasteiger partial charge in [0.25, 0.3) is 0 Å². The molecule has 0 atom stereocenters. The zero-order chi connectivity index (χ0) is 32.3.